The molecule has 0 aliphatic rings. The molecule has 2 aromatic heterocycles. The number of benzene rings is 4. The van der Waals surface area contributed by atoms with Crippen LogP contribution in [0.1, 0.15) is 26.3 Å². The van der Waals surface area contributed by atoms with E-state index in [2.05, 4.69) is 98.6 Å². The van der Waals surface area contributed by atoms with E-state index in [1.54, 1.807) is 17.7 Å². The van der Waals surface area contributed by atoms with Crippen LogP contribution < -0.4 is 0 Å². The molecule has 3 heteroatoms. The summed E-state index contributed by atoms with van der Waals surface area (Å²) in [7, 11) is 0. The van der Waals surface area contributed by atoms with Crippen LogP contribution in [0, 0.1) is 0 Å². The molecule has 0 radical (unpaired) electrons. The molecule has 31 heavy (non-hydrogen) atoms. The Labute approximate surface area is 185 Å². The Hall–Kier alpha value is -3.30. The molecule has 0 aliphatic heterocycles. The minimum absolute atomic E-state index is 0.124. The van der Waals surface area contributed by atoms with Crippen molar-refractivity contribution in [3.05, 3.63) is 84.7 Å². The SMILES string of the molecule is CC(C)(C)c1ccc2c(-c3ncnc4c3sc3c5ccccc5ccc43)cccc2c1. The molecule has 0 amide bonds. The molecule has 6 aromatic rings. The van der Waals surface area contributed by atoms with Gasteiger partial charge in [-0.1, -0.05) is 93.6 Å². The van der Waals surface area contributed by atoms with Gasteiger partial charge >= 0.3 is 0 Å². The van der Waals surface area contributed by atoms with E-state index in [1.807, 2.05) is 0 Å². The molecule has 6 rings (SSSR count). The number of rotatable bonds is 1. The minimum Gasteiger partial charge on any atom is -0.235 e. The highest BCUT2D eigenvalue weighted by molar-refractivity contribution is 7.27. The van der Waals surface area contributed by atoms with Crippen molar-refractivity contribution in [3.63, 3.8) is 0 Å². The van der Waals surface area contributed by atoms with Crippen molar-refractivity contribution in [2.75, 3.05) is 0 Å². The van der Waals surface area contributed by atoms with Crippen molar-refractivity contribution in [3.8, 4) is 11.3 Å². The second-order valence-electron chi connectivity index (χ2n) is 9.16. The van der Waals surface area contributed by atoms with Gasteiger partial charge < -0.3 is 0 Å². The van der Waals surface area contributed by atoms with Crippen molar-refractivity contribution < 1.29 is 0 Å². The Kier molecular flexibility index (Phi) is 3.93. The molecule has 0 bridgehead atoms. The van der Waals surface area contributed by atoms with Crippen LogP contribution in [-0.2, 0) is 5.41 Å². The van der Waals surface area contributed by atoms with Crippen LogP contribution in [0.2, 0.25) is 0 Å². The Morgan fingerprint density at radius 3 is 2.35 bits per heavy atom. The summed E-state index contributed by atoms with van der Waals surface area (Å²) in [6.45, 7) is 6.77. The Morgan fingerprint density at radius 1 is 0.677 bits per heavy atom. The smallest absolute Gasteiger partial charge is 0.116 e. The van der Waals surface area contributed by atoms with Crippen molar-refractivity contribution in [1.29, 1.82) is 0 Å². The van der Waals surface area contributed by atoms with Gasteiger partial charge in [0, 0.05) is 15.6 Å². The quantitative estimate of drug-likeness (QED) is 0.269. The summed E-state index contributed by atoms with van der Waals surface area (Å²) in [6, 6.07) is 26.3. The maximum Gasteiger partial charge on any atom is 0.116 e. The predicted octanol–water partition coefficient (Wildman–Crippen LogP) is 8.12. The molecule has 0 unspecified atom stereocenters. The lowest BCUT2D eigenvalue weighted by Gasteiger charge is -2.20. The molecule has 150 valence electrons. The number of thiophene rings is 1. The van der Waals surface area contributed by atoms with Crippen molar-refractivity contribution in [1.82, 2.24) is 9.97 Å². The first-order valence-corrected chi connectivity index (χ1v) is 11.4. The predicted molar refractivity (Wildman–Crippen MR) is 134 cm³/mol. The lowest BCUT2D eigenvalue weighted by atomic mass is 9.85. The van der Waals surface area contributed by atoms with Crippen LogP contribution in [0.5, 0.6) is 0 Å². The van der Waals surface area contributed by atoms with Crippen LogP contribution in [0.4, 0.5) is 0 Å². The van der Waals surface area contributed by atoms with E-state index >= 15 is 0 Å². The van der Waals surface area contributed by atoms with Gasteiger partial charge in [0.15, 0.2) is 0 Å². The fourth-order valence-electron chi connectivity index (χ4n) is 4.45. The fourth-order valence-corrected chi connectivity index (χ4v) is 5.75. The van der Waals surface area contributed by atoms with Gasteiger partial charge in [0.2, 0.25) is 0 Å². The molecule has 0 fully saturated rings. The Bertz CT molecular complexity index is 1620. The zero-order valence-corrected chi connectivity index (χ0v) is 18.6. The first kappa shape index (κ1) is 18.5. The minimum atomic E-state index is 0.124. The van der Waals surface area contributed by atoms with Crippen LogP contribution in [0.3, 0.4) is 0 Å². The van der Waals surface area contributed by atoms with Gasteiger partial charge in [0.1, 0.15) is 6.33 Å². The van der Waals surface area contributed by atoms with Gasteiger partial charge in [0.25, 0.3) is 0 Å². The van der Waals surface area contributed by atoms with Gasteiger partial charge in [-0.2, -0.15) is 0 Å². The molecule has 0 spiro atoms. The standard InChI is InChI=1S/C28H22N2S/c1-28(2,3)19-12-14-20-18(15-19)8-6-10-22(20)24-27-25(30-16-29-24)23-13-11-17-7-4-5-9-21(17)26(23)31-27/h4-16H,1-3H3. The summed E-state index contributed by atoms with van der Waals surface area (Å²) >= 11 is 1.80. The first-order valence-electron chi connectivity index (χ1n) is 10.6. The van der Waals surface area contributed by atoms with Crippen molar-refractivity contribution in [2.24, 2.45) is 0 Å². The van der Waals surface area contributed by atoms with E-state index < -0.39 is 0 Å². The summed E-state index contributed by atoms with van der Waals surface area (Å²) in [5.74, 6) is 0. The third-order valence-corrected chi connectivity index (χ3v) is 7.38. The molecule has 2 nitrogen and oxygen atoms in total. The van der Waals surface area contributed by atoms with E-state index in [9.17, 15) is 0 Å². The first-order chi connectivity index (χ1) is 15.0. The summed E-state index contributed by atoms with van der Waals surface area (Å²) in [5.41, 5.74) is 4.70. The molecule has 4 aromatic carbocycles. The fraction of sp³-hybridized carbons (Fsp3) is 0.143. The largest absolute Gasteiger partial charge is 0.235 e. The van der Waals surface area contributed by atoms with Gasteiger partial charge in [-0.25, -0.2) is 9.97 Å². The van der Waals surface area contributed by atoms with Crippen LogP contribution in [0.15, 0.2) is 79.1 Å². The number of hydrogen-bond donors (Lipinski definition) is 0. The maximum atomic E-state index is 4.77. The molecule has 0 N–H and O–H groups in total. The van der Waals surface area contributed by atoms with Gasteiger partial charge in [0.05, 0.1) is 15.9 Å². The highest BCUT2D eigenvalue weighted by Crippen LogP contribution is 2.42. The molecule has 0 saturated carbocycles. The maximum absolute atomic E-state index is 4.77. The summed E-state index contributed by atoms with van der Waals surface area (Å²) in [4.78, 5) is 9.46. The van der Waals surface area contributed by atoms with E-state index in [4.69, 9.17) is 4.98 Å². The summed E-state index contributed by atoms with van der Waals surface area (Å²) in [5, 5.41) is 6.23. The third kappa shape index (κ3) is 2.84. The van der Waals surface area contributed by atoms with Crippen LogP contribution >= 0.6 is 11.3 Å². The topological polar surface area (TPSA) is 25.8 Å². The van der Waals surface area contributed by atoms with E-state index in [1.165, 1.54) is 42.8 Å². The molecule has 0 saturated heterocycles. The summed E-state index contributed by atoms with van der Waals surface area (Å²) in [6.07, 6.45) is 1.71. The molecule has 2 heterocycles. The Morgan fingerprint density at radius 2 is 1.48 bits per heavy atom. The lowest BCUT2D eigenvalue weighted by molar-refractivity contribution is 0.591. The summed E-state index contributed by atoms with van der Waals surface area (Å²) < 4.78 is 2.44. The second-order valence-corrected chi connectivity index (χ2v) is 10.2. The highest BCUT2D eigenvalue weighted by Gasteiger charge is 2.18. The zero-order chi connectivity index (χ0) is 21.2. The average molecular weight is 419 g/mol. The number of nitrogens with zero attached hydrogens (tertiary/aromatic N) is 2. The van der Waals surface area contributed by atoms with E-state index in [0.717, 1.165) is 15.9 Å². The van der Waals surface area contributed by atoms with E-state index in [0.29, 0.717) is 0 Å². The molecule has 0 atom stereocenters. The second kappa shape index (κ2) is 6.60. The van der Waals surface area contributed by atoms with Crippen LogP contribution in [-0.4, -0.2) is 9.97 Å². The highest BCUT2D eigenvalue weighted by atomic mass is 32.1. The third-order valence-electron chi connectivity index (χ3n) is 6.14. The van der Waals surface area contributed by atoms with Gasteiger partial charge in [-0.3, -0.25) is 0 Å². The van der Waals surface area contributed by atoms with Crippen LogP contribution in [0.25, 0.3) is 53.1 Å². The van der Waals surface area contributed by atoms with Gasteiger partial charge in [-0.15, -0.1) is 11.3 Å². The normalized spacial score (nSPS) is 12.4. The van der Waals surface area contributed by atoms with Crippen molar-refractivity contribution in [2.45, 2.75) is 26.2 Å². The zero-order valence-electron chi connectivity index (χ0n) is 17.8. The number of fused-ring (bicyclic) bond motifs is 6. The van der Waals surface area contributed by atoms with E-state index in [-0.39, 0.29) is 5.41 Å². The molecule has 0 aliphatic carbocycles. The number of aromatic nitrogens is 2. The van der Waals surface area contributed by atoms with Gasteiger partial charge in [-0.05, 0) is 32.5 Å². The van der Waals surface area contributed by atoms with Crippen molar-refractivity contribution >= 4 is 53.2 Å². The molecular weight excluding hydrogens is 396 g/mol. The molecular formula is C28H22N2S. The number of hydrogen-bond acceptors (Lipinski definition) is 3. The monoisotopic (exact) mass is 418 g/mol. The Balaban J connectivity index is 1.66. The lowest BCUT2D eigenvalue weighted by Crippen LogP contribution is -2.10. The average Bonchev–Trinajstić information content (AvgIpc) is 3.17.